The number of carbonyl (C=O) groups is 1. The summed E-state index contributed by atoms with van der Waals surface area (Å²) in [6, 6.07) is -0.265. The third kappa shape index (κ3) is 3.59. The Kier molecular flexibility index (Phi) is 4.51. The van der Waals surface area contributed by atoms with Crippen molar-refractivity contribution in [2.75, 3.05) is 37.7 Å². The quantitative estimate of drug-likeness (QED) is 0.726. The molecule has 0 radical (unpaired) electrons. The van der Waals surface area contributed by atoms with E-state index in [0.29, 0.717) is 13.1 Å². The minimum Gasteiger partial charge on any atom is -0.480 e. The zero-order chi connectivity index (χ0) is 14.9. The molecule has 0 spiro atoms. The van der Waals surface area contributed by atoms with Gasteiger partial charge in [0, 0.05) is 31.7 Å². The third-order valence-electron chi connectivity index (χ3n) is 3.98. The molecule has 2 fully saturated rings. The summed E-state index contributed by atoms with van der Waals surface area (Å²) in [5.41, 5.74) is 1.20. The van der Waals surface area contributed by atoms with E-state index in [-0.39, 0.29) is 30.1 Å². The summed E-state index contributed by atoms with van der Waals surface area (Å²) in [5, 5.41) is 8.94. The van der Waals surface area contributed by atoms with E-state index in [1.165, 1.54) is 5.57 Å². The van der Waals surface area contributed by atoms with Gasteiger partial charge in [0.25, 0.3) is 0 Å². The maximum atomic E-state index is 11.9. The topological polar surface area (TPSA) is 77.9 Å². The van der Waals surface area contributed by atoms with Gasteiger partial charge in [-0.25, -0.2) is 8.42 Å². The zero-order valence-electron chi connectivity index (χ0n) is 11.9. The molecular formula is C13H22N2O4S. The highest BCUT2D eigenvalue weighted by atomic mass is 32.2. The summed E-state index contributed by atoms with van der Waals surface area (Å²) >= 11 is 0. The lowest BCUT2D eigenvalue weighted by molar-refractivity contribution is -0.139. The van der Waals surface area contributed by atoms with E-state index in [2.05, 4.69) is 11.0 Å². The number of hydrogen-bond donors (Lipinski definition) is 1. The van der Waals surface area contributed by atoms with Crippen molar-refractivity contribution in [2.24, 2.45) is 0 Å². The van der Waals surface area contributed by atoms with Gasteiger partial charge in [0.15, 0.2) is 9.84 Å². The predicted molar refractivity (Wildman–Crippen MR) is 76.4 cm³/mol. The van der Waals surface area contributed by atoms with Crippen LogP contribution in [0.1, 0.15) is 13.8 Å². The van der Waals surface area contributed by atoms with Crippen molar-refractivity contribution in [1.82, 2.24) is 9.80 Å². The van der Waals surface area contributed by atoms with Crippen LogP contribution in [0, 0.1) is 0 Å². The van der Waals surface area contributed by atoms with Gasteiger partial charge in [-0.3, -0.25) is 14.6 Å². The molecule has 2 aliphatic heterocycles. The lowest BCUT2D eigenvalue weighted by Crippen LogP contribution is -2.59. The number of aliphatic carboxylic acids is 1. The lowest BCUT2D eigenvalue weighted by Gasteiger charge is -2.43. The molecule has 0 aromatic carbocycles. The Hall–Kier alpha value is -0.920. The van der Waals surface area contributed by atoms with Crippen LogP contribution in [0.25, 0.3) is 0 Å². The number of carboxylic acid groups (broad SMARTS) is 1. The number of carboxylic acids is 1. The Bertz CT molecular complexity index is 510. The second kappa shape index (κ2) is 5.83. The second-order valence-corrected chi connectivity index (χ2v) is 8.01. The molecule has 2 rings (SSSR count). The van der Waals surface area contributed by atoms with Crippen LogP contribution < -0.4 is 0 Å². The number of fused-ring (bicyclic) bond motifs is 1. The van der Waals surface area contributed by atoms with Gasteiger partial charge in [-0.05, 0) is 13.8 Å². The Balaban J connectivity index is 2.15. The normalized spacial score (nSPS) is 29.9. The summed E-state index contributed by atoms with van der Waals surface area (Å²) in [4.78, 5) is 14.9. The smallest absolute Gasteiger partial charge is 0.317 e. The van der Waals surface area contributed by atoms with Gasteiger partial charge >= 0.3 is 5.97 Å². The molecular weight excluding hydrogens is 280 g/mol. The van der Waals surface area contributed by atoms with Crippen molar-refractivity contribution in [3.63, 3.8) is 0 Å². The van der Waals surface area contributed by atoms with E-state index in [1.807, 2.05) is 13.8 Å². The van der Waals surface area contributed by atoms with Crippen LogP contribution in [0.3, 0.4) is 0 Å². The summed E-state index contributed by atoms with van der Waals surface area (Å²) in [5.74, 6) is -0.675. The molecule has 0 aromatic rings. The molecule has 0 bridgehead atoms. The van der Waals surface area contributed by atoms with Crippen LogP contribution in [-0.4, -0.2) is 79.1 Å². The molecule has 0 amide bonds. The average molecular weight is 302 g/mol. The van der Waals surface area contributed by atoms with Gasteiger partial charge < -0.3 is 5.11 Å². The molecule has 2 aliphatic rings. The van der Waals surface area contributed by atoms with Crippen LogP contribution in [0.15, 0.2) is 11.6 Å². The highest BCUT2D eigenvalue weighted by Gasteiger charge is 2.46. The minimum absolute atomic E-state index is 0.0762. The number of piperazine rings is 1. The van der Waals surface area contributed by atoms with Crippen LogP contribution in [0.4, 0.5) is 0 Å². The molecule has 0 unspecified atom stereocenters. The van der Waals surface area contributed by atoms with Gasteiger partial charge in [-0.1, -0.05) is 11.6 Å². The number of rotatable bonds is 4. The van der Waals surface area contributed by atoms with Gasteiger partial charge in [-0.15, -0.1) is 0 Å². The predicted octanol–water partition coefficient (Wildman–Crippen LogP) is -0.180. The van der Waals surface area contributed by atoms with Crippen molar-refractivity contribution in [3.8, 4) is 0 Å². The molecule has 6 nitrogen and oxygen atoms in total. The molecule has 0 aliphatic carbocycles. The van der Waals surface area contributed by atoms with Crippen LogP contribution in [0.2, 0.25) is 0 Å². The molecule has 2 saturated heterocycles. The number of sulfone groups is 1. The van der Waals surface area contributed by atoms with Gasteiger partial charge in [-0.2, -0.15) is 0 Å². The number of allylic oxidation sites excluding steroid dienone is 1. The van der Waals surface area contributed by atoms with Crippen LogP contribution >= 0.6 is 0 Å². The Labute approximate surface area is 120 Å². The van der Waals surface area contributed by atoms with Crippen molar-refractivity contribution >= 4 is 15.8 Å². The third-order valence-corrected chi connectivity index (χ3v) is 5.68. The summed E-state index contributed by atoms with van der Waals surface area (Å²) < 4.78 is 23.8. The maximum Gasteiger partial charge on any atom is 0.317 e. The first-order valence-corrected chi connectivity index (χ1v) is 8.64. The van der Waals surface area contributed by atoms with Crippen molar-refractivity contribution in [3.05, 3.63) is 11.6 Å². The number of nitrogens with zero attached hydrogens (tertiary/aromatic N) is 2. The van der Waals surface area contributed by atoms with Gasteiger partial charge in [0.2, 0.25) is 0 Å². The molecule has 1 N–H and O–H groups in total. The summed E-state index contributed by atoms with van der Waals surface area (Å²) in [7, 11) is -3.07. The molecule has 7 heteroatoms. The van der Waals surface area contributed by atoms with E-state index < -0.39 is 15.8 Å². The first-order chi connectivity index (χ1) is 9.28. The fourth-order valence-corrected chi connectivity index (χ4v) is 5.04. The highest BCUT2D eigenvalue weighted by Crippen LogP contribution is 2.26. The molecule has 0 aromatic heterocycles. The molecule has 20 heavy (non-hydrogen) atoms. The van der Waals surface area contributed by atoms with Gasteiger partial charge in [0.05, 0.1) is 18.1 Å². The van der Waals surface area contributed by atoms with Crippen LogP contribution in [0.5, 0.6) is 0 Å². The van der Waals surface area contributed by atoms with E-state index in [1.54, 1.807) is 4.90 Å². The summed E-state index contributed by atoms with van der Waals surface area (Å²) in [6.07, 6.45) is 2.09. The largest absolute Gasteiger partial charge is 0.480 e. The van der Waals surface area contributed by atoms with E-state index in [9.17, 15) is 13.2 Å². The fraction of sp³-hybridized carbons (Fsp3) is 0.769. The first-order valence-electron chi connectivity index (χ1n) is 6.82. The fourth-order valence-electron chi connectivity index (χ4n) is 2.99. The SMILES string of the molecule is CC(C)=CCN1CCN(CC(=O)O)[C@H]2CS(=O)(=O)C[C@H]21. The lowest BCUT2D eigenvalue weighted by atomic mass is 10.0. The maximum absolute atomic E-state index is 11.9. The van der Waals surface area contributed by atoms with Crippen LogP contribution in [-0.2, 0) is 14.6 Å². The monoisotopic (exact) mass is 302 g/mol. The zero-order valence-corrected chi connectivity index (χ0v) is 12.8. The minimum atomic E-state index is -3.07. The average Bonchev–Trinajstić information content (AvgIpc) is 2.63. The van der Waals surface area contributed by atoms with E-state index in [0.717, 1.165) is 6.54 Å². The van der Waals surface area contributed by atoms with E-state index in [4.69, 9.17) is 5.11 Å². The first kappa shape index (κ1) is 15.5. The molecule has 2 atom stereocenters. The second-order valence-electron chi connectivity index (χ2n) is 5.85. The Morgan fingerprint density at radius 1 is 1.20 bits per heavy atom. The Morgan fingerprint density at radius 3 is 2.30 bits per heavy atom. The van der Waals surface area contributed by atoms with Gasteiger partial charge in [0.1, 0.15) is 0 Å². The highest BCUT2D eigenvalue weighted by molar-refractivity contribution is 7.91. The molecule has 0 saturated carbocycles. The number of hydrogen-bond acceptors (Lipinski definition) is 5. The van der Waals surface area contributed by atoms with Crippen molar-refractivity contribution in [1.29, 1.82) is 0 Å². The molecule has 2 heterocycles. The molecule has 114 valence electrons. The van der Waals surface area contributed by atoms with Crippen molar-refractivity contribution in [2.45, 2.75) is 25.9 Å². The van der Waals surface area contributed by atoms with E-state index >= 15 is 0 Å². The standard InChI is InChI=1S/C13H22N2O4S/c1-10(2)3-4-14-5-6-15(7-13(16)17)12-9-20(18,19)8-11(12)14/h3,11-12H,4-9H2,1-2H3,(H,16,17)/t11-,12+/m1/s1. The Morgan fingerprint density at radius 2 is 1.75 bits per heavy atom. The van der Waals surface area contributed by atoms with Crippen molar-refractivity contribution < 1.29 is 18.3 Å². The summed E-state index contributed by atoms with van der Waals surface area (Å²) in [6.45, 7) is 6.02.